The summed E-state index contributed by atoms with van der Waals surface area (Å²) >= 11 is 0. The molecule has 2 heterocycles. The minimum atomic E-state index is -0.0638. The number of ether oxygens (including phenoxy) is 1. The second-order valence-electron chi connectivity index (χ2n) is 4.02. The normalized spacial score (nSPS) is 10.7. The third-order valence-corrected chi connectivity index (χ3v) is 2.91. The van der Waals surface area contributed by atoms with Crippen LogP contribution in [0.3, 0.4) is 0 Å². The SMILES string of the molecule is CCN(C)C(=O)Cn1c(N)nc2c(OC)ncnc21. The van der Waals surface area contributed by atoms with E-state index >= 15 is 0 Å². The van der Waals surface area contributed by atoms with Gasteiger partial charge in [0.2, 0.25) is 17.7 Å². The van der Waals surface area contributed by atoms with Gasteiger partial charge in [-0.3, -0.25) is 9.36 Å². The van der Waals surface area contributed by atoms with Crippen LogP contribution in [0, 0.1) is 0 Å². The van der Waals surface area contributed by atoms with Gasteiger partial charge in [-0.05, 0) is 6.92 Å². The molecule has 8 heteroatoms. The smallest absolute Gasteiger partial charge is 0.245 e. The second-order valence-corrected chi connectivity index (χ2v) is 4.02. The van der Waals surface area contributed by atoms with Gasteiger partial charge in [-0.25, -0.2) is 9.97 Å². The molecule has 2 aromatic heterocycles. The van der Waals surface area contributed by atoms with Gasteiger partial charge in [0.05, 0.1) is 7.11 Å². The van der Waals surface area contributed by atoms with E-state index < -0.39 is 0 Å². The van der Waals surface area contributed by atoms with E-state index in [0.29, 0.717) is 23.6 Å². The number of nitrogens with two attached hydrogens (primary N) is 1. The average molecular weight is 264 g/mol. The van der Waals surface area contributed by atoms with Crippen molar-refractivity contribution in [1.29, 1.82) is 0 Å². The molecule has 102 valence electrons. The Morgan fingerprint density at radius 1 is 1.53 bits per heavy atom. The van der Waals surface area contributed by atoms with Crippen LogP contribution < -0.4 is 10.5 Å². The number of imidazole rings is 1. The Balaban J connectivity index is 2.44. The second kappa shape index (κ2) is 5.09. The maximum atomic E-state index is 11.9. The Morgan fingerprint density at radius 3 is 2.89 bits per heavy atom. The van der Waals surface area contributed by atoms with Gasteiger partial charge in [0.15, 0.2) is 11.2 Å². The van der Waals surface area contributed by atoms with Crippen molar-refractivity contribution >= 4 is 23.0 Å². The van der Waals surface area contributed by atoms with Crippen molar-refractivity contribution in [3.63, 3.8) is 0 Å². The fourth-order valence-corrected chi connectivity index (χ4v) is 1.67. The maximum absolute atomic E-state index is 11.9. The molecule has 0 bridgehead atoms. The third kappa shape index (κ3) is 2.28. The number of hydrogen-bond donors (Lipinski definition) is 1. The van der Waals surface area contributed by atoms with E-state index in [0.717, 1.165) is 0 Å². The summed E-state index contributed by atoms with van der Waals surface area (Å²) in [5.74, 6) is 0.490. The van der Waals surface area contributed by atoms with Gasteiger partial charge in [0, 0.05) is 13.6 Å². The lowest BCUT2D eigenvalue weighted by Gasteiger charge is -2.15. The van der Waals surface area contributed by atoms with Crippen LogP contribution in [0.4, 0.5) is 5.95 Å². The Bertz CT molecular complexity index is 608. The van der Waals surface area contributed by atoms with E-state index in [1.807, 2.05) is 6.92 Å². The van der Waals surface area contributed by atoms with Crippen molar-refractivity contribution in [2.24, 2.45) is 0 Å². The molecule has 0 saturated heterocycles. The molecule has 0 saturated carbocycles. The number of likely N-dealkylation sites (N-methyl/N-ethyl adjacent to an activating group) is 1. The molecule has 0 aliphatic heterocycles. The summed E-state index contributed by atoms with van der Waals surface area (Å²) in [6.45, 7) is 2.62. The molecule has 0 radical (unpaired) electrons. The lowest BCUT2D eigenvalue weighted by atomic mass is 10.4. The molecule has 19 heavy (non-hydrogen) atoms. The molecule has 0 atom stereocenters. The molecule has 2 aromatic rings. The Labute approximate surface area is 110 Å². The highest BCUT2D eigenvalue weighted by molar-refractivity contribution is 5.82. The number of methoxy groups -OCH3 is 1. The van der Waals surface area contributed by atoms with Crippen LogP contribution in [0.5, 0.6) is 5.88 Å². The minimum Gasteiger partial charge on any atom is -0.479 e. The van der Waals surface area contributed by atoms with Gasteiger partial charge in [0.1, 0.15) is 12.9 Å². The van der Waals surface area contributed by atoms with Crippen LogP contribution in [-0.4, -0.2) is 51.0 Å². The fourth-order valence-electron chi connectivity index (χ4n) is 1.67. The van der Waals surface area contributed by atoms with E-state index in [4.69, 9.17) is 10.5 Å². The summed E-state index contributed by atoms with van der Waals surface area (Å²) in [4.78, 5) is 25.7. The highest BCUT2D eigenvalue weighted by atomic mass is 16.5. The number of carbonyl (C=O) groups is 1. The van der Waals surface area contributed by atoms with Gasteiger partial charge >= 0.3 is 0 Å². The fraction of sp³-hybridized carbons (Fsp3) is 0.455. The summed E-state index contributed by atoms with van der Waals surface area (Å²) in [6, 6.07) is 0. The predicted octanol–water partition coefficient (Wildman–Crippen LogP) is -0.105. The molecule has 0 aliphatic rings. The van der Waals surface area contributed by atoms with Crippen molar-refractivity contribution in [3.8, 4) is 5.88 Å². The van der Waals surface area contributed by atoms with Crippen molar-refractivity contribution in [1.82, 2.24) is 24.4 Å². The summed E-state index contributed by atoms with van der Waals surface area (Å²) < 4.78 is 6.64. The molecular weight excluding hydrogens is 248 g/mol. The van der Waals surface area contributed by atoms with E-state index in [2.05, 4.69) is 15.0 Å². The van der Waals surface area contributed by atoms with Gasteiger partial charge < -0.3 is 15.4 Å². The molecule has 2 N–H and O–H groups in total. The first kappa shape index (κ1) is 13.1. The first-order valence-corrected chi connectivity index (χ1v) is 5.83. The number of nitrogen functional groups attached to an aromatic ring is 1. The molecule has 0 fully saturated rings. The lowest BCUT2D eigenvalue weighted by molar-refractivity contribution is -0.130. The zero-order chi connectivity index (χ0) is 14.0. The lowest BCUT2D eigenvalue weighted by Crippen LogP contribution is -2.30. The van der Waals surface area contributed by atoms with E-state index in [9.17, 15) is 4.79 Å². The number of fused-ring (bicyclic) bond motifs is 1. The predicted molar refractivity (Wildman–Crippen MR) is 69.6 cm³/mol. The van der Waals surface area contributed by atoms with Gasteiger partial charge in [-0.2, -0.15) is 4.98 Å². The molecule has 2 rings (SSSR count). The highest BCUT2D eigenvalue weighted by Crippen LogP contribution is 2.22. The third-order valence-electron chi connectivity index (χ3n) is 2.91. The zero-order valence-corrected chi connectivity index (χ0v) is 11.1. The standard InChI is InChI=1S/C11H16N6O2/c1-4-16(2)7(18)5-17-9-8(15-11(17)12)10(19-3)14-6-13-9/h6H,4-5H2,1-3H3,(H2,12,15). The van der Waals surface area contributed by atoms with E-state index in [-0.39, 0.29) is 18.4 Å². The number of aromatic nitrogens is 4. The van der Waals surface area contributed by atoms with Crippen LogP contribution in [0.1, 0.15) is 6.92 Å². The number of carbonyl (C=O) groups excluding carboxylic acids is 1. The molecule has 0 unspecified atom stereocenters. The van der Waals surface area contributed by atoms with Crippen molar-refractivity contribution in [3.05, 3.63) is 6.33 Å². The van der Waals surface area contributed by atoms with Crippen molar-refractivity contribution in [2.45, 2.75) is 13.5 Å². The van der Waals surface area contributed by atoms with Crippen LogP contribution in [0.2, 0.25) is 0 Å². The van der Waals surface area contributed by atoms with Crippen LogP contribution in [0.15, 0.2) is 6.33 Å². The van der Waals surface area contributed by atoms with Crippen LogP contribution in [0.25, 0.3) is 11.2 Å². The van der Waals surface area contributed by atoms with E-state index in [1.165, 1.54) is 13.4 Å². The molecule has 8 nitrogen and oxygen atoms in total. The zero-order valence-electron chi connectivity index (χ0n) is 11.1. The Morgan fingerprint density at radius 2 is 2.26 bits per heavy atom. The summed E-state index contributed by atoms with van der Waals surface area (Å²) in [6.07, 6.45) is 1.35. The van der Waals surface area contributed by atoms with Crippen LogP contribution in [-0.2, 0) is 11.3 Å². The monoisotopic (exact) mass is 264 g/mol. The van der Waals surface area contributed by atoms with Crippen molar-refractivity contribution < 1.29 is 9.53 Å². The Kier molecular flexibility index (Phi) is 3.50. The van der Waals surface area contributed by atoms with Crippen molar-refractivity contribution in [2.75, 3.05) is 26.4 Å². The minimum absolute atomic E-state index is 0.0638. The van der Waals surface area contributed by atoms with E-state index in [1.54, 1.807) is 16.5 Å². The number of hydrogen-bond acceptors (Lipinski definition) is 6. The summed E-state index contributed by atoms with van der Waals surface area (Å²) in [5, 5.41) is 0. The molecule has 0 spiro atoms. The first-order valence-electron chi connectivity index (χ1n) is 5.83. The quantitative estimate of drug-likeness (QED) is 0.827. The van der Waals surface area contributed by atoms with Crippen LogP contribution >= 0.6 is 0 Å². The first-order chi connectivity index (χ1) is 9.08. The topological polar surface area (TPSA) is 99.2 Å². The molecule has 0 aromatic carbocycles. The maximum Gasteiger partial charge on any atom is 0.245 e. The number of rotatable bonds is 4. The Hall–Kier alpha value is -2.38. The average Bonchev–Trinajstić information content (AvgIpc) is 2.74. The molecular formula is C11H16N6O2. The summed E-state index contributed by atoms with van der Waals surface area (Å²) in [7, 11) is 3.22. The number of nitrogens with zero attached hydrogens (tertiary/aromatic N) is 5. The van der Waals surface area contributed by atoms with Gasteiger partial charge in [-0.1, -0.05) is 0 Å². The number of amides is 1. The van der Waals surface area contributed by atoms with Gasteiger partial charge in [-0.15, -0.1) is 0 Å². The summed E-state index contributed by atoms with van der Waals surface area (Å²) in [5.41, 5.74) is 6.77. The molecule has 1 amide bonds. The van der Waals surface area contributed by atoms with Gasteiger partial charge in [0.25, 0.3) is 0 Å². The molecule has 0 aliphatic carbocycles. The highest BCUT2D eigenvalue weighted by Gasteiger charge is 2.17. The number of anilines is 1. The largest absolute Gasteiger partial charge is 0.479 e.